The van der Waals surface area contributed by atoms with Crippen LogP contribution in [0.3, 0.4) is 0 Å². The highest BCUT2D eigenvalue weighted by Gasteiger charge is 2.28. The number of nitrogens with one attached hydrogen (secondary N) is 2. The van der Waals surface area contributed by atoms with Crippen LogP contribution >= 0.6 is 0 Å². The Kier molecular flexibility index (Phi) is 4.25. The lowest BCUT2D eigenvalue weighted by Gasteiger charge is -2.40. The molecule has 0 atom stereocenters. The molecule has 0 aliphatic carbocycles. The Morgan fingerprint density at radius 2 is 1.93 bits per heavy atom. The molecule has 140 valence electrons. The molecule has 1 aliphatic heterocycles. The predicted molar refractivity (Wildman–Crippen MR) is 103 cm³/mol. The van der Waals surface area contributed by atoms with Crippen LogP contribution in [0, 0.1) is 5.92 Å². The van der Waals surface area contributed by atoms with Gasteiger partial charge in [-0.15, -0.1) is 5.10 Å². The summed E-state index contributed by atoms with van der Waals surface area (Å²) in [5.41, 5.74) is 3.02. The van der Waals surface area contributed by atoms with Crippen LogP contribution in [0.4, 0.5) is 5.82 Å². The van der Waals surface area contributed by atoms with Crippen molar-refractivity contribution in [3.63, 3.8) is 0 Å². The quantitative estimate of drug-likeness (QED) is 0.733. The lowest BCUT2D eigenvalue weighted by Crippen LogP contribution is -2.52. The number of aromatic nitrogens is 5. The molecule has 4 rings (SSSR count). The van der Waals surface area contributed by atoms with Crippen LogP contribution in [-0.2, 0) is 5.41 Å². The summed E-state index contributed by atoms with van der Waals surface area (Å²) in [5, 5.41) is 22.2. The Balaban J connectivity index is 1.28. The zero-order valence-corrected chi connectivity index (χ0v) is 15.7. The van der Waals surface area contributed by atoms with Gasteiger partial charge in [0.2, 0.25) is 0 Å². The molecule has 3 heterocycles. The second-order valence-electron chi connectivity index (χ2n) is 8.03. The molecule has 3 aromatic rings. The molecule has 0 spiro atoms. The van der Waals surface area contributed by atoms with Crippen molar-refractivity contribution in [2.75, 3.05) is 24.5 Å². The summed E-state index contributed by atoms with van der Waals surface area (Å²) in [4.78, 5) is 14.5. The highest BCUT2D eigenvalue weighted by molar-refractivity contribution is 5.97. The van der Waals surface area contributed by atoms with Gasteiger partial charge in [-0.05, 0) is 30.3 Å². The Morgan fingerprint density at radius 3 is 2.63 bits per heavy atom. The van der Waals surface area contributed by atoms with Crippen LogP contribution in [0.15, 0.2) is 30.3 Å². The summed E-state index contributed by atoms with van der Waals surface area (Å²) in [6.45, 7) is 8.75. The second kappa shape index (κ2) is 6.61. The molecule has 8 nitrogen and oxygen atoms in total. The van der Waals surface area contributed by atoms with Crippen LogP contribution in [0.25, 0.3) is 11.0 Å². The van der Waals surface area contributed by atoms with Crippen molar-refractivity contribution in [3.8, 4) is 0 Å². The molecular formula is C19H23N7O. The van der Waals surface area contributed by atoms with E-state index in [9.17, 15) is 4.79 Å². The van der Waals surface area contributed by atoms with Gasteiger partial charge in [0.15, 0.2) is 5.82 Å². The third-order valence-electron chi connectivity index (χ3n) is 4.83. The average molecular weight is 365 g/mol. The molecular weight excluding hydrogens is 342 g/mol. The monoisotopic (exact) mass is 365 g/mol. The normalized spacial score (nSPS) is 15.0. The number of benzene rings is 1. The van der Waals surface area contributed by atoms with E-state index in [-0.39, 0.29) is 11.3 Å². The van der Waals surface area contributed by atoms with Crippen molar-refractivity contribution >= 4 is 22.8 Å². The molecule has 1 saturated heterocycles. The third-order valence-corrected chi connectivity index (χ3v) is 4.83. The molecule has 2 N–H and O–H groups in total. The molecule has 0 radical (unpaired) electrons. The van der Waals surface area contributed by atoms with E-state index in [0.29, 0.717) is 23.5 Å². The summed E-state index contributed by atoms with van der Waals surface area (Å²) in [6.07, 6.45) is 0. The molecule has 0 unspecified atom stereocenters. The van der Waals surface area contributed by atoms with Gasteiger partial charge in [-0.1, -0.05) is 20.8 Å². The number of nitrogens with zero attached hydrogens (tertiary/aromatic N) is 5. The molecule has 1 fully saturated rings. The van der Waals surface area contributed by atoms with Crippen LogP contribution in [-0.4, -0.2) is 51.1 Å². The number of anilines is 1. The number of hydrogen-bond acceptors (Lipinski definition) is 6. The van der Waals surface area contributed by atoms with E-state index in [1.54, 1.807) is 18.2 Å². The third kappa shape index (κ3) is 3.60. The number of aromatic amines is 1. The van der Waals surface area contributed by atoms with Crippen molar-refractivity contribution < 1.29 is 4.79 Å². The maximum Gasteiger partial charge on any atom is 0.251 e. The van der Waals surface area contributed by atoms with Gasteiger partial charge in [-0.3, -0.25) is 4.79 Å². The van der Waals surface area contributed by atoms with Gasteiger partial charge in [0.25, 0.3) is 5.91 Å². The molecule has 0 saturated carbocycles. The molecule has 2 aromatic heterocycles. The first-order valence-electron chi connectivity index (χ1n) is 9.08. The minimum absolute atomic E-state index is 0.00227. The first kappa shape index (κ1) is 17.4. The van der Waals surface area contributed by atoms with E-state index >= 15 is 0 Å². The standard InChI is InChI=1S/C19H23N7O/c1-19(2,3)16-6-7-17(24-23-16)26-10-12(11-26)9-20-18(27)13-4-5-14-15(8-13)22-25-21-14/h4-8,12H,9-11H2,1-3H3,(H,20,27)(H,21,22,25). The Labute approximate surface area is 157 Å². The van der Waals surface area contributed by atoms with E-state index in [2.05, 4.69) is 56.6 Å². The first-order valence-corrected chi connectivity index (χ1v) is 9.08. The van der Waals surface area contributed by atoms with Gasteiger partial charge in [-0.2, -0.15) is 20.5 Å². The van der Waals surface area contributed by atoms with Crippen LogP contribution < -0.4 is 10.2 Å². The van der Waals surface area contributed by atoms with E-state index in [1.807, 2.05) is 12.1 Å². The molecule has 1 amide bonds. The maximum atomic E-state index is 12.3. The highest BCUT2D eigenvalue weighted by Crippen LogP contribution is 2.24. The number of carbonyl (C=O) groups excluding carboxylic acids is 1. The number of amides is 1. The van der Waals surface area contributed by atoms with Crippen molar-refractivity contribution in [1.29, 1.82) is 0 Å². The molecule has 8 heteroatoms. The summed E-state index contributed by atoms with van der Waals surface area (Å²) >= 11 is 0. The van der Waals surface area contributed by atoms with Gasteiger partial charge < -0.3 is 10.2 Å². The van der Waals surface area contributed by atoms with Gasteiger partial charge in [0.1, 0.15) is 11.0 Å². The number of H-pyrrole nitrogens is 1. The molecule has 0 bridgehead atoms. The van der Waals surface area contributed by atoms with E-state index in [0.717, 1.165) is 30.1 Å². The number of fused-ring (bicyclic) bond motifs is 1. The number of hydrogen-bond donors (Lipinski definition) is 2. The Morgan fingerprint density at radius 1 is 1.15 bits per heavy atom. The Hall–Kier alpha value is -3.03. The van der Waals surface area contributed by atoms with Gasteiger partial charge in [-0.25, -0.2) is 0 Å². The second-order valence-corrected chi connectivity index (χ2v) is 8.03. The van der Waals surface area contributed by atoms with Crippen LogP contribution in [0.2, 0.25) is 0 Å². The van der Waals surface area contributed by atoms with Gasteiger partial charge in [0, 0.05) is 36.5 Å². The lowest BCUT2D eigenvalue weighted by atomic mass is 9.92. The summed E-state index contributed by atoms with van der Waals surface area (Å²) in [5.74, 6) is 1.21. The molecule has 1 aromatic carbocycles. The largest absolute Gasteiger partial charge is 0.354 e. The van der Waals surface area contributed by atoms with Crippen LogP contribution in [0.5, 0.6) is 0 Å². The summed E-state index contributed by atoms with van der Waals surface area (Å²) < 4.78 is 0. The van der Waals surface area contributed by atoms with Crippen LogP contribution in [0.1, 0.15) is 36.8 Å². The van der Waals surface area contributed by atoms with Crippen molar-refractivity contribution in [2.45, 2.75) is 26.2 Å². The first-order chi connectivity index (χ1) is 12.9. The van der Waals surface area contributed by atoms with Crippen molar-refractivity contribution in [2.24, 2.45) is 5.92 Å². The predicted octanol–water partition coefficient (Wildman–Crippen LogP) is 1.91. The number of carbonyl (C=O) groups is 1. The topological polar surface area (TPSA) is 99.7 Å². The Bertz CT molecular complexity index is 952. The lowest BCUT2D eigenvalue weighted by molar-refractivity contribution is 0.0944. The highest BCUT2D eigenvalue weighted by atomic mass is 16.1. The van der Waals surface area contributed by atoms with E-state index in [1.165, 1.54) is 0 Å². The minimum atomic E-state index is -0.0901. The SMILES string of the molecule is CC(C)(C)c1ccc(N2CC(CNC(=O)c3ccc4n[nH]nc4c3)C2)nn1. The fourth-order valence-corrected chi connectivity index (χ4v) is 3.10. The van der Waals surface area contributed by atoms with Crippen molar-refractivity contribution in [1.82, 2.24) is 30.9 Å². The zero-order chi connectivity index (χ0) is 19.0. The van der Waals surface area contributed by atoms with Gasteiger partial charge in [0.05, 0.1) is 5.69 Å². The van der Waals surface area contributed by atoms with Gasteiger partial charge >= 0.3 is 0 Å². The summed E-state index contributed by atoms with van der Waals surface area (Å²) in [6, 6.07) is 9.36. The minimum Gasteiger partial charge on any atom is -0.354 e. The average Bonchev–Trinajstić information content (AvgIpc) is 3.07. The van der Waals surface area contributed by atoms with Crippen molar-refractivity contribution in [3.05, 3.63) is 41.6 Å². The fraction of sp³-hybridized carbons (Fsp3) is 0.421. The smallest absolute Gasteiger partial charge is 0.251 e. The molecule has 27 heavy (non-hydrogen) atoms. The molecule has 1 aliphatic rings. The fourth-order valence-electron chi connectivity index (χ4n) is 3.10. The maximum absolute atomic E-state index is 12.3. The van der Waals surface area contributed by atoms with E-state index < -0.39 is 0 Å². The summed E-state index contributed by atoms with van der Waals surface area (Å²) in [7, 11) is 0. The zero-order valence-electron chi connectivity index (χ0n) is 15.7. The van der Waals surface area contributed by atoms with E-state index in [4.69, 9.17) is 0 Å². The number of rotatable bonds is 4.